The normalized spacial score (nSPS) is 18.8. The van der Waals surface area contributed by atoms with E-state index in [1.807, 2.05) is 12.1 Å². The minimum Gasteiger partial charge on any atom is -0.336 e. The van der Waals surface area contributed by atoms with E-state index in [2.05, 4.69) is 54.5 Å². The van der Waals surface area contributed by atoms with Crippen LogP contribution in [0.25, 0.3) is 0 Å². The third-order valence-corrected chi connectivity index (χ3v) is 5.49. The average molecular weight is 357 g/mol. The predicted octanol–water partition coefficient (Wildman–Crippen LogP) is 1.89. The molecule has 1 fully saturated rings. The lowest BCUT2D eigenvalue weighted by atomic mass is 9.89. The van der Waals surface area contributed by atoms with E-state index in [9.17, 15) is 0 Å². The molecule has 0 bridgehead atoms. The number of quaternary nitrogens is 1. The number of hydrogen-bond acceptors (Lipinski definition) is 0. The van der Waals surface area contributed by atoms with Gasteiger partial charge in [-0.05, 0) is 35.6 Å². The fourth-order valence-electron chi connectivity index (χ4n) is 3.60. The van der Waals surface area contributed by atoms with Gasteiger partial charge in [0.2, 0.25) is 0 Å². The molecule has 0 saturated carbocycles. The Morgan fingerprint density at radius 2 is 1.68 bits per heavy atom. The summed E-state index contributed by atoms with van der Waals surface area (Å²) < 4.78 is 0. The van der Waals surface area contributed by atoms with Crippen molar-refractivity contribution in [3.63, 3.8) is 0 Å². The molecular formula is C22H29ClN2+2. The number of benzene rings is 2. The highest BCUT2D eigenvalue weighted by atomic mass is 35.5. The second-order valence-corrected chi connectivity index (χ2v) is 7.65. The van der Waals surface area contributed by atoms with Crippen molar-refractivity contribution in [1.29, 1.82) is 0 Å². The first-order valence-electron chi connectivity index (χ1n) is 9.40. The van der Waals surface area contributed by atoms with E-state index in [0.29, 0.717) is 5.92 Å². The Morgan fingerprint density at radius 3 is 2.36 bits per heavy atom. The van der Waals surface area contributed by atoms with Crippen molar-refractivity contribution >= 4 is 17.3 Å². The summed E-state index contributed by atoms with van der Waals surface area (Å²) in [6, 6.07) is 19.2. The first-order valence-corrected chi connectivity index (χ1v) is 9.78. The number of nitrogens with one attached hydrogen (secondary N) is 2. The zero-order valence-electron chi connectivity index (χ0n) is 15.1. The Balaban J connectivity index is 1.65. The Kier molecular flexibility index (Phi) is 6.66. The number of rotatable bonds is 6. The van der Waals surface area contributed by atoms with E-state index < -0.39 is 0 Å². The molecule has 1 heterocycles. The molecule has 3 heteroatoms. The maximum atomic E-state index is 6.08. The molecule has 2 nitrogen and oxygen atoms in total. The highest BCUT2D eigenvalue weighted by Crippen LogP contribution is 2.25. The quantitative estimate of drug-likeness (QED) is 0.787. The summed E-state index contributed by atoms with van der Waals surface area (Å²) in [5, 5.41) is 0.810. The average Bonchev–Trinajstić information content (AvgIpc) is 2.64. The smallest absolute Gasteiger partial charge is 0.162 e. The zero-order valence-corrected chi connectivity index (χ0v) is 15.9. The minimum atomic E-state index is 0.518. The van der Waals surface area contributed by atoms with Gasteiger partial charge in [-0.2, -0.15) is 0 Å². The fourth-order valence-corrected chi connectivity index (χ4v) is 3.72. The molecule has 1 aliphatic rings. The van der Waals surface area contributed by atoms with Crippen LogP contribution in [0.4, 0.5) is 0 Å². The van der Waals surface area contributed by atoms with Crippen molar-refractivity contribution in [2.75, 3.05) is 26.7 Å². The number of hydrogen-bond donors (Lipinski definition) is 2. The lowest BCUT2D eigenvalue weighted by molar-refractivity contribution is -0.881. The van der Waals surface area contributed by atoms with Gasteiger partial charge in [0, 0.05) is 11.4 Å². The summed E-state index contributed by atoms with van der Waals surface area (Å²) in [5.74, 6) is 0.518. The molecule has 3 rings (SSSR count). The predicted molar refractivity (Wildman–Crippen MR) is 106 cm³/mol. The highest BCUT2D eigenvalue weighted by molar-refractivity contribution is 6.30. The Labute approximate surface area is 156 Å². The maximum absolute atomic E-state index is 6.08. The molecule has 0 aromatic heterocycles. The van der Waals surface area contributed by atoms with E-state index in [-0.39, 0.29) is 0 Å². The van der Waals surface area contributed by atoms with Gasteiger partial charge in [-0.25, -0.2) is 4.99 Å². The van der Waals surface area contributed by atoms with Gasteiger partial charge < -0.3 is 4.90 Å². The van der Waals surface area contributed by atoms with E-state index in [1.165, 1.54) is 37.1 Å². The molecule has 2 aromatic carbocycles. The van der Waals surface area contributed by atoms with Crippen molar-refractivity contribution in [2.24, 2.45) is 0 Å². The summed E-state index contributed by atoms with van der Waals surface area (Å²) in [5.41, 5.74) is 4.33. The summed E-state index contributed by atoms with van der Waals surface area (Å²) in [6.45, 7) is 3.56. The summed E-state index contributed by atoms with van der Waals surface area (Å²) in [4.78, 5) is 5.36. The van der Waals surface area contributed by atoms with Crippen LogP contribution in [0.5, 0.6) is 0 Å². The van der Waals surface area contributed by atoms with Crippen molar-refractivity contribution in [2.45, 2.75) is 31.6 Å². The van der Waals surface area contributed by atoms with Crippen LogP contribution < -0.4 is 9.89 Å². The third kappa shape index (κ3) is 5.69. The van der Waals surface area contributed by atoms with Gasteiger partial charge in [0.25, 0.3) is 0 Å². The standard InChI is InChI=1S/C22H27ClN2/c1-25-15-12-22(13-16-25)24-14-11-20(17-18-5-3-2-4-6-18)19-7-9-21(23)10-8-19/h2-10,20H,11-17H2,1H3/p+2/t20-/m1/s1. The van der Waals surface area contributed by atoms with Crippen LogP contribution in [0.2, 0.25) is 5.02 Å². The Bertz CT molecular complexity index is 669. The molecule has 132 valence electrons. The maximum Gasteiger partial charge on any atom is 0.162 e. The molecule has 2 N–H and O–H groups in total. The molecule has 0 spiro atoms. The van der Waals surface area contributed by atoms with Crippen LogP contribution in [0.15, 0.2) is 54.6 Å². The molecule has 1 atom stereocenters. The highest BCUT2D eigenvalue weighted by Gasteiger charge is 2.19. The summed E-state index contributed by atoms with van der Waals surface area (Å²) in [7, 11) is 2.28. The van der Waals surface area contributed by atoms with E-state index in [0.717, 1.165) is 24.4 Å². The van der Waals surface area contributed by atoms with Crippen molar-refractivity contribution in [3.8, 4) is 0 Å². The van der Waals surface area contributed by atoms with Crippen molar-refractivity contribution in [1.82, 2.24) is 0 Å². The van der Waals surface area contributed by atoms with Crippen LogP contribution in [0, 0.1) is 0 Å². The van der Waals surface area contributed by atoms with Gasteiger partial charge >= 0.3 is 0 Å². The molecule has 0 unspecified atom stereocenters. The van der Waals surface area contributed by atoms with Gasteiger partial charge in [-0.1, -0.05) is 54.1 Å². The van der Waals surface area contributed by atoms with Gasteiger partial charge in [0.1, 0.15) is 6.54 Å². The van der Waals surface area contributed by atoms with Crippen LogP contribution in [-0.4, -0.2) is 32.4 Å². The van der Waals surface area contributed by atoms with Crippen molar-refractivity contribution < 1.29 is 9.89 Å². The summed E-state index contributed by atoms with van der Waals surface area (Å²) in [6.07, 6.45) is 4.65. The molecule has 0 amide bonds. The Hall–Kier alpha value is -1.64. The molecule has 1 saturated heterocycles. The van der Waals surface area contributed by atoms with E-state index >= 15 is 0 Å². The van der Waals surface area contributed by atoms with Crippen LogP contribution in [0.3, 0.4) is 0 Å². The summed E-state index contributed by atoms with van der Waals surface area (Å²) >= 11 is 6.08. The van der Waals surface area contributed by atoms with Crippen molar-refractivity contribution in [3.05, 3.63) is 70.7 Å². The molecule has 1 aliphatic heterocycles. The van der Waals surface area contributed by atoms with Crippen LogP contribution >= 0.6 is 11.6 Å². The second-order valence-electron chi connectivity index (χ2n) is 7.21. The van der Waals surface area contributed by atoms with Gasteiger partial charge in [-0.3, -0.25) is 0 Å². The number of likely N-dealkylation sites (tertiary alicyclic amines) is 1. The number of piperidine rings is 1. The van der Waals surface area contributed by atoms with Gasteiger partial charge in [-0.15, -0.1) is 0 Å². The minimum absolute atomic E-state index is 0.518. The van der Waals surface area contributed by atoms with E-state index in [1.54, 1.807) is 10.6 Å². The second kappa shape index (κ2) is 9.17. The Morgan fingerprint density at radius 1 is 1.00 bits per heavy atom. The topological polar surface area (TPSA) is 18.4 Å². The largest absolute Gasteiger partial charge is 0.336 e. The molecule has 2 aromatic rings. The SMILES string of the molecule is C[NH+]1CCC(=[NH+]CC[C@H](Cc2ccccc2)c2ccc(Cl)cc2)CC1. The molecule has 0 radical (unpaired) electrons. The molecule has 25 heavy (non-hydrogen) atoms. The molecule has 0 aliphatic carbocycles. The van der Waals surface area contributed by atoms with Gasteiger partial charge in [0.05, 0.1) is 33.0 Å². The molecular weight excluding hydrogens is 328 g/mol. The fraction of sp³-hybridized carbons (Fsp3) is 0.409. The van der Waals surface area contributed by atoms with Crippen LogP contribution in [0.1, 0.15) is 36.3 Å². The lowest BCUT2D eigenvalue weighted by Crippen LogP contribution is -3.10. The number of halogens is 1. The third-order valence-electron chi connectivity index (χ3n) is 5.24. The first-order chi connectivity index (χ1) is 12.2. The van der Waals surface area contributed by atoms with E-state index in [4.69, 9.17) is 11.6 Å². The van der Waals surface area contributed by atoms with Gasteiger partial charge in [0.15, 0.2) is 5.71 Å². The first kappa shape index (κ1) is 18.2. The van der Waals surface area contributed by atoms with Crippen LogP contribution in [-0.2, 0) is 6.42 Å². The lowest BCUT2D eigenvalue weighted by Gasteiger charge is -2.18. The monoisotopic (exact) mass is 356 g/mol. The zero-order chi connectivity index (χ0) is 17.5.